The average Bonchev–Trinajstić information content (AvgIpc) is 2.51. The summed E-state index contributed by atoms with van der Waals surface area (Å²) in [5.74, 6) is 1.76. The van der Waals surface area contributed by atoms with Crippen molar-refractivity contribution in [2.75, 3.05) is 34.5 Å². The maximum atomic E-state index is 9.01. The molecule has 0 saturated carbocycles. The molecule has 4 N–H and O–H groups in total. The number of nitrogens with two attached hydrogens (primary N) is 1. The average molecular weight is 298 g/mol. The molecule has 2 atom stereocenters. The van der Waals surface area contributed by atoms with E-state index in [1.807, 2.05) is 19.1 Å². The quantitative estimate of drug-likeness (QED) is 0.632. The molecule has 0 aliphatic rings. The van der Waals surface area contributed by atoms with Crippen molar-refractivity contribution in [1.82, 2.24) is 5.32 Å². The van der Waals surface area contributed by atoms with Gasteiger partial charge in [0.15, 0.2) is 11.5 Å². The van der Waals surface area contributed by atoms with Crippen molar-refractivity contribution >= 4 is 0 Å². The lowest BCUT2D eigenvalue weighted by molar-refractivity contribution is 0.262. The van der Waals surface area contributed by atoms with Crippen LogP contribution in [-0.4, -0.2) is 45.6 Å². The van der Waals surface area contributed by atoms with Crippen LogP contribution in [0.2, 0.25) is 0 Å². The molecule has 1 rings (SSSR count). The Morgan fingerprint density at radius 3 is 2.29 bits per heavy atom. The van der Waals surface area contributed by atoms with Crippen molar-refractivity contribution in [3.8, 4) is 17.2 Å². The van der Waals surface area contributed by atoms with E-state index in [-0.39, 0.29) is 18.7 Å². The van der Waals surface area contributed by atoms with Crippen LogP contribution >= 0.6 is 0 Å². The van der Waals surface area contributed by atoms with Crippen LogP contribution in [0, 0.1) is 0 Å². The lowest BCUT2D eigenvalue weighted by atomic mass is 10.0. The highest BCUT2D eigenvalue weighted by Gasteiger charge is 2.22. The molecular formula is C15H26N2O4. The predicted octanol–water partition coefficient (Wildman–Crippen LogP) is 1.07. The maximum absolute atomic E-state index is 9.01. The molecule has 0 amide bonds. The number of ether oxygens (including phenoxy) is 3. The largest absolute Gasteiger partial charge is 0.493 e. The first kappa shape index (κ1) is 17.6. The molecule has 0 aliphatic carbocycles. The van der Waals surface area contributed by atoms with E-state index in [1.165, 1.54) is 0 Å². The van der Waals surface area contributed by atoms with E-state index < -0.39 is 0 Å². The second kappa shape index (κ2) is 8.71. The Morgan fingerprint density at radius 1 is 1.14 bits per heavy atom. The number of nitrogens with one attached hydrogen (secondary N) is 1. The second-order valence-electron chi connectivity index (χ2n) is 4.79. The van der Waals surface area contributed by atoms with E-state index in [4.69, 9.17) is 25.1 Å². The summed E-state index contributed by atoms with van der Waals surface area (Å²) >= 11 is 0. The van der Waals surface area contributed by atoms with Gasteiger partial charge in [-0.1, -0.05) is 0 Å². The zero-order valence-electron chi connectivity index (χ0n) is 13.2. The maximum Gasteiger partial charge on any atom is 0.203 e. The molecule has 6 nitrogen and oxygen atoms in total. The Kier molecular flexibility index (Phi) is 7.28. The first-order valence-corrected chi connectivity index (χ1v) is 6.98. The zero-order chi connectivity index (χ0) is 15.8. The summed E-state index contributed by atoms with van der Waals surface area (Å²) in [4.78, 5) is 0. The summed E-state index contributed by atoms with van der Waals surface area (Å²) < 4.78 is 16.1. The summed E-state index contributed by atoms with van der Waals surface area (Å²) in [5.41, 5.74) is 6.79. The minimum atomic E-state index is -0.0960. The van der Waals surface area contributed by atoms with Gasteiger partial charge in [-0.05, 0) is 25.5 Å². The SMILES string of the molecule is COc1ccc(C(CN)NC(C)CCO)c(OC)c1OC. The molecule has 0 aromatic heterocycles. The minimum absolute atomic E-state index is 0.0960. The van der Waals surface area contributed by atoms with Gasteiger partial charge in [-0.2, -0.15) is 0 Å². The third-order valence-electron chi connectivity index (χ3n) is 3.39. The predicted molar refractivity (Wildman–Crippen MR) is 82.2 cm³/mol. The fraction of sp³-hybridized carbons (Fsp3) is 0.600. The minimum Gasteiger partial charge on any atom is -0.493 e. The van der Waals surface area contributed by atoms with Crippen molar-refractivity contribution in [2.45, 2.75) is 25.4 Å². The van der Waals surface area contributed by atoms with Gasteiger partial charge in [-0.15, -0.1) is 0 Å². The summed E-state index contributed by atoms with van der Waals surface area (Å²) in [6, 6.07) is 3.79. The Balaban J connectivity index is 3.14. The van der Waals surface area contributed by atoms with E-state index in [0.29, 0.717) is 30.2 Å². The van der Waals surface area contributed by atoms with Crippen LogP contribution in [0.5, 0.6) is 17.2 Å². The third kappa shape index (κ3) is 4.23. The second-order valence-corrected chi connectivity index (χ2v) is 4.79. The molecule has 1 aromatic carbocycles. The van der Waals surface area contributed by atoms with Crippen LogP contribution < -0.4 is 25.3 Å². The smallest absolute Gasteiger partial charge is 0.203 e. The fourth-order valence-electron chi connectivity index (χ4n) is 2.30. The van der Waals surface area contributed by atoms with Gasteiger partial charge in [0.25, 0.3) is 0 Å². The highest BCUT2D eigenvalue weighted by atomic mass is 16.5. The molecule has 21 heavy (non-hydrogen) atoms. The van der Waals surface area contributed by atoms with Crippen molar-refractivity contribution in [3.05, 3.63) is 17.7 Å². The number of hydrogen-bond acceptors (Lipinski definition) is 6. The molecule has 0 fully saturated rings. The zero-order valence-corrected chi connectivity index (χ0v) is 13.2. The molecule has 0 bridgehead atoms. The highest BCUT2D eigenvalue weighted by Crippen LogP contribution is 2.41. The molecule has 1 aromatic rings. The van der Waals surface area contributed by atoms with Crippen molar-refractivity contribution in [2.24, 2.45) is 5.73 Å². The van der Waals surface area contributed by atoms with Gasteiger partial charge in [0, 0.05) is 30.8 Å². The van der Waals surface area contributed by atoms with Gasteiger partial charge in [0.05, 0.1) is 21.3 Å². The first-order valence-electron chi connectivity index (χ1n) is 6.98. The Labute approximate surface area is 126 Å². The van der Waals surface area contributed by atoms with Gasteiger partial charge in [0.1, 0.15) is 0 Å². The van der Waals surface area contributed by atoms with Crippen LogP contribution in [0.1, 0.15) is 24.9 Å². The summed E-state index contributed by atoms with van der Waals surface area (Å²) in [6.45, 7) is 2.54. The Bertz CT molecular complexity index is 440. The fourth-order valence-corrected chi connectivity index (χ4v) is 2.30. The van der Waals surface area contributed by atoms with E-state index >= 15 is 0 Å². The molecule has 2 unspecified atom stereocenters. The molecule has 6 heteroatoms. The lowest BCUT2D eigenvalue weighted by Gasteiger charge is -2.25. The van der Waals surface area contributed by atoms with Crippen LogP contribution in [0.25, 0.3) is 0 Å². The number of hydrogen-bond donors (Lipinski definition) is 3. The summed E-state index contributed by atoms with van der Waals surface area (Å²) in [5, 5.41) is 12.4. The van der Waals surface area contributed by atoms with E-state index in [0.717, 1.165) is 5.56 Å². The molecule has 120 valence electrons. The molecule has 0 radical (unpaired) electrons. The molecule has 0 aliphatic heterocycles. The topological polar surface area (TPSA) is 86.0 Å². The van der Waals surface area contributed by atoms with E-state index in [9.17, 15) is 0 Å². The van der Waals surface area contributed by atoms with Gasteiger partial charge in [-0.25, -0.2) is 0 Å². The molecule has 0 heterocycles. The molecule has 0 saturated heterocycles. The van der Waals surface area contributed by atoms with Gasteiger partial charge < -0.3 is 30.4 Å². The monoisotopic (exact) mass is 298 g/mol. The molecular weight excluding hydrogens is 272 g/mol. The number of benzene rings is 1. The third-order valence-corrected chi connectivity index (χ3v) is 3.39. The van der Waals surface area contributed by atoms with Crippen molar-refractivity contribution < 1.29 is 19.3 Å². The van der Waals surface area contributed by atoms with Gasteiger partial charge in [-0.3, -0.25) is 0 Å². The van der Waals surface area contributed by atoms with Crippen LogP contribution in [0.3, 0.4) is 0 Å². The van der Waals surface area contributed by atoms with Crippen LogP contribution in [-0.2, 0) is 0 Å². The lowest BCUT2D eigenvalue weighted by Crippen LogP contribution is -2.35. The number of methoxy groups -OCH3 is 3. The normalized spacial score (nSPS) is 13.6. The first-order chi connectivity index (χ1) is 10.1. The van der Waals surface area contributed by atoms with Gasteiger partial charge in [0.2, 0.25) is 5.75 Å². The summed E-state index contributed by atoms with van der Waals surface area (Å²) in [6.07, 6.45) is 0.659. The Morgan fingerprint density at radius 2 is 1.81 bits per heavy atom. The molecule has 0 spiro atoms. The number of aliphatic hydroxyl groups excluding tert-OH is 1. The van der Waals surface area contributed by atoms with Crippen molar-refractivity contribution in [1.29, 1.82) is 0 Å². The standard InChI is InChI=1S/C15H26N2O4/c1-10(7-8-18)17-12(9-16)11-5-6-13(19-2)15(21-4)14(11)20-3/h5-6,10,12,17-18H,7-9,16H2,1-4H3. The van der Waals surface area contributed by atoms with E-state index in [1.54, 1.807) is 21.3 Å². The van der Waals surface area contributed by atoms with Gasteiger partial charge >= 0.3 is 0 Å². The highest BCUT2D eigenvalue weighted by molar-refractivity contribution is 5.56. The van der Waals surface area contributed by atoms with E-state index in [2.05, 4.69) is 5.32 Å². The Hall–Kier alpha value is -1.50. The van der Waals surface area contributed by atoms with Crippen LogP contribution in [0.15, 0.2) is 12.1 Å². The number of rotatable bonds is 9. The summed E-state index contributed by atoms with van der Waals surface area (Å²) in [7, 11) is 4.74. The van der Waals surface area contributed by atoms with Crippen LogP contribution in [0.4, 0.5) is 0 Å². The number of aliphatic hydroxyl groups is 1. The van der Waals surface area contributed by atoms with Crippen molar-refractivity contribution in [3.63, 3.8) is 0 Å².